The van der Waals surface area contributed by atoms with E-state index in [9.17, 15) is 0 Å². The summed E-state index contributed by atoms with van der Waals surface area (Å²) in [4.78, 5) is 0. The van der Waals surface area contributed by atoms with Gasteiger partial charge in [-0.05, 0) is 149 Å². The van der Waals surface area contributed by atoms with Gasteiger partial charge in [0.05, 0.1) is 42.2 Å². The maximum Gasteiger partial charge on any atom is 0.591 e. The van der Waals surface area contributed by atoms with Gasteiger partial charge in [0.2, 0.25) is 0 Å². The molecule has 0 aliphatic carbocycles. The van der Waals surface area contributed by atoms with Gasteiger partial charge in [-0.25, -0.2) is 0 Å². The first-order valence-electron chi connectivity index (χ1n) is 27.6. The second-order valence-corrected chi connectivity index (χ2v) is 22.6. The molecular formula is C49H103B9O19. The van der Waals surface area contributed by atoms with E-state index in [2.05, 4.69) is 78.5 Å². The molecule has 0 bridgehead atoms. The summed E-state index contributed by atoms with van der Waals surface area (Å²) in [6, 6.07) is 7.66. The molecule has 6 fully saturated rings. The highest BCUT2D eigenvalue weighted by atomic mass is 16.7. The molecule has 77 heavy (non-hydrogen) atoms. The van der Waals surface area contributed by atoms with Gasteiger partial charge < -0.3 is 88.9 Å². The number of aliphatic hydroxyl groups excluding tert-OH is 1. The van der Waals surface area contributed by atoms with Crippen LogP contribution in [0, 0.1) is 10.8 Å². The maximum atomic E-state index is 8.88. The Balaban J connectivity index is 0.000000850. The van der Waals surface area contributed by atoms with Gasteiger partial charge in [0.1, 0.15) is 11.5 Å². The highest BCUT2D eigenvalue weighted by Crippen LogP contribution is 2.36. The zero-order valence-corrected chi connectivity index (χ0v) is 52.5. The summed E-state index contributed by atoms with van der Waals surface area (Å²) in [5.41, 5.74) is -0.375. The average Bonchev–Trinajstić information content (AvgIpc) is 4.03. The van der Waals surface area contributed by atoms with Gasteiger partial charge in [-0.2, -0.15) is 0 Å². The third-order valence-corrected chi connectivity index (χ3v) is 12.0. The number of rotatable bonds is 7. The SMILES string of the molecule is CB1OC(C)(C)C(C)(C)O1.CB1OC(C)(C)CC(C)(C)O1.CB1OCC(C)(C)CO1.CB1OCC(C)(CO)CO1.CB1OCCCO1.CB1OCCO1.CB1Oc2ccccc2O1.CCOB(C)OCC.COB(C)OC. The molecule has 1 aromatic rings. The number of para-hydroxylation sites is 2. The molecule has 19 nitrogen and oxygen atoms in total. The molecule has 1 N–H and O–H groups in total. The zero-order chi connectivity index (χ0) is 59.1. The molecule has 0 saturated carbocycles. The van der Waals surface area contributed by atoms with Crippen LogP contribution in [0.25, 0.3) is 0 Å². The smallest absolute Gasteiger partial charge is 0.523 e. The van der Waals surface area contributed by atoms with E-state index in [4.69, 9.17) is 79.6 Å². The maximum absolute atomic E-state index is 8.88. The highest BCUT2D eigenvalue weighted by Gasteiger charge is 2.49. The standard InChI is InChI=1S/C8H17BO2.C7H7BO2.C7H15BO2.C6H13BO3.C6H13BO2.C5H13BO2.C4H9BO2.C3H7BO2.C3H9BO2/c1-7(2)6-8(3,4)11-9(5)10-7;1-8-9-6-4-2-3-5-7(6)10-8;1-6(2)7(3,4)10-8(5)9-6;1-6(3-8)4-9-7(2)10-5-6;1-6(2)4-8-7(3)9-5-6;1-4-7-6(3)8-5-2;1-5-6-3-2-4-7-5;1-4-5-2-3-6-4;1-4(5-2)6-3/h6H2,1-5H3;2-5H,1H3;1-5H3;8H,3-5H2,1-2H3;4-5H2,1-3H3;4-5H2,1-3H3;2-4H2,1H3;2-3H2,1H3;1-3H3. The molecule has 7 aliphatic rings. The Hall–Kier alpha value is -1.28. The van der Waals surface area contributed by atoms with E-state index in [1.807, 2.05) is 106 Å². The fourth-order valence-electron chi connectivity index (χ4n) is 7.48. The Morgan fingerprint density at radius 3 is 1.08 bits per heavy atom. The molecule has 0 unspecified atom stereocenters. The van der Waals surface area contributed by atoms with E-state index >= 15 is 0 Å². The summed E-state index contributed by atoms with van der Waals surface area (Å²) in [5.74, 6) is 1.69. The lowest BCUT2D eigenvalue weighted by Crippen LogP contribution is -2.50. The van der Waals surface area contributed by atoms with Gasteiger partial charge >= 0.3 is 64.1 Å². The summed E-state index contributed by atoms with van der Waals surface area (Å²) in [5, 5.41) is 8.88. The summed E-state index contributed by atoms with van der Waals surface area (Å²) in [7, 11) is 2.81. The van der Waals surface area contributed by atoms with Gasteiger partial charge in [0, 0.05) is 84.3 Å². The average molecular weight is 1090 g/mol. The Kier molecular flexibility index (Phi) is 37.9. The van der Waals surface area contributed by atoms with E-state index in [1.165, 1.54) is 0 Å². The molecule has 0 radical (unpaired) electrons. The van der Waals surface area contributed by atoms with Gasteiger partial charge in [0.25, 0.3) is 0 Å². The van der Waals surface area contributed by atoms with Crippen molar-refractivity contribution in [3.63, 3.8) is 0 Å². The third kappa shape index (κ3) is 36.0. The predicted octanol–water partition coefficient (Wildman–Crippen LogP) is 8.98. The summed E-state index contributed by atoms with van der Waals surface area (Å²) in [6.07, 6.45) is 1.99. The Labute approximate surface area is 471 Å². The third-order valence-electron chi connectivity index (χ3n) is 12.0. The van der Waals surface area contributed by atoms with Gasteiger partial charge in [-0.3, -0.25) is 0 Å². The van der Waals surface area contributed by atoms with E-state index in [0.29, 0.717) is 13.2 Å². The van der Waals surface area contributed by atoms with Crippen LogP contribution in [0.1, 0.15) is 103 Å². The quantitative estimate of drug-likeness (QED) is 0.255. The van der Waals surface area contributed by atoms with Crippen LogP contribution < -0.4 is 9.31 Å². The monoisotopic (exact) mass is 1090 g/mol. The van der Waals surface area contributed by atoms with Crippen molar-refractivity contribution in [1.82, 2.24) is 0 Å². The van der Waals surface area contributed by atoms with Crippen molar-refractivity contribution in [1.29, 1.82) is 0 Å². The van der Waals surface area contributed by atoms with E-state index in [0.717, 1.165) is 77.2 Å². The Morgan fingerprint density at radius 2 is 0.831 bits per heavy atom. The van der Waals surface area contributed by atoms with Gasteiger partial charge in [0.15, 0.2) is 0 Å². The Bertz CT molecular complexity index is 1550. The normalized spacial score (nSPS) is 21.4. The topological polar surface area (TPSA) is 186 Å². The van der Waals surface area contributed by atoms with Gasteiger partial charge in [-0.15, -0.1) is 0 Å². The minimum Gasteiger partial charge on any atom is -0.523 e. The van der Waals surface area contributed by atoms with E-state index in [-0.39, 0.29) is 104 Å². The number of fused-ring (bicyclic) bond motifs is 1. The fourth-order valence-corrected chi connectivity index (χ4v) is 7.48. The fraction of sp³-hybridized carbons (Fsp3) is 0.878. The van der Waals surface area contributed by atoms with Crippen molar-refractivity contribution in [2.24, 2.45) is 10.8 Å². The summed E-state index contributed by atoms with van der Waals surface area (Å²) in [6.45, 7) is 51.5. The zero-order valence-electron chi connectivity index (χ0n) is 52.5. The molecule has 7 aliphatic heterocycles. The van der Waals surface area contributed by atoms with Crippen LogP contribution in [0.3, 0.4) is 0 Å². The van der Waals surface area contributed by atoms with E-state index in [1.54, 1.807) is 14.2 Å². The number of benzene rings is 1. The van der Waals surface area contributed by atoms with Crippen molar-refractivity contribution in [2.75, 3.05) is 86.9 Å². The summed E-state index contributed by atoms with van der Waals surface area (Å²) < 4.78 is 93.2. The molecule has 0 spiro atoms. The lowest BCUT2D eigenvalue weighted by atomic mass is 9.81. The first kappa shape index (κ1) is 75.7. The number of hydrogen-bond donors (Lipinski definition) is 1. The molecular weight excluding hydrogens is 990 g/mol. The molecule has 7 heterocycles. The molecule has 0 amide bonds. The van der Waals surface area contributed by atoms with Crippen molar-refractivity contribution < 1.29 is 88.9 Å². The highest BCUT2D eigenvalue weighted by molar-refractivity contribution is 6.46. The van der Waals surface area contributed by atoms with Crippen LogP contribution >= 0.6 is 0 Å². The Morgan fingerprint density at radius 1 is 0.481 bits per heavy atom. The molecule has 6 saturated heterocycles. The first-order chi connectivity index (χ1) is 35.7. The van der Waals surface area contributed by atoms with Crippen LogP contribution in [0.4, 0.5) is 0 Å². The van der Waals surface area contributed by atoms with E-state index < -0.39 is 0 Å². The lowest BCUT2D eigenvalue weighted by Gasteiger charge is -2.43. The predicted molar refractivity (Wildman–Crippen MR) is 316 cm³/mol. The number of aliphatic hydroxyl groups is 1. The lowest BCUT2D eigenvalue weighted by molar-refractivity contribution is -0.0744. The number of hydrogen-bond acceptors (Lipinski definition) is 19. The van der Waals surface area contributed by atoms with Crippen LogP contribution in [-0.4, -0.2) is 178 Å². The minimum atomic E-state index is -0.188. The minimum absolute atomic E-state index is 0.00183. The molecule has 1 aromatic carbocycles. The molecule has 440 valence electrons. The van der Waals surface area contributed by atoms with Crippen molar-refractivity contribution in [3.05, 3.63) is 24.3 Å². The van der Waals surface area contributed by atoms with Crippen LogP contribution in [0.15, 0.2) is 24.3 Å². The van der Waals surface area contributed by atoms with Crippen LogP contribution in [-0.2, 0) is 74.5 Å². The van der Waals surface area contributed by atoms with Crippen LogP contribution in [0.2, 0.25) is 61.4 Å². The molecule has 0 aromatic heterocycles. The van der Waals surface area contributed by atoms with Gasteiger partial charge in [-0.1, -0.05) is 32.9 Å². The molecule has 28 heteroatoms. The van der Waals surface area contributed by atoms with Crippen molar-refractivity contribution >= 4 is 64.1 Å². The van der Waals surface area contributed by atoms with Crippen molar-refractivity contribution in [2.45, 2.75) is 187 Å². The largest absolute Gasteiger partial charge is 0.591 e. The van der Waals surface area contributed by atoms with Crippen LogP contribution in [0.5, 0.6) is 11.5 Å². The summed E-state index contributed by atoms with van der Waals surface area (Å²) >= 11 is 0. The second kappa shape index (κ2) is 38.5. The first-order valence-corrected chi connectivity index (χ1v) is 27.6. The van der Waals surface area contributed by atoms with Crippen molar-refractivity contribution in [3.8, 4) is 11.5 Å². The molecule has 0 atom stereocenters. The second-order valence-electron chi connectivity index (χ2n) is 22.6. The molecule has 8 rings (SSSR count).